The van der Waals surface area contributed by atoms with Crippen LogP contribution in [0.25, 0.3) is 10.9 Å². The van der Waals surface area contributed by atoms with Gasteiger partial charge in [0.05, 0.1) is 13.7 Å². The fourth-order valence-corrected chi connectivity index (χ4v) is 4.22. The number of aromatic amines is 1. The molecule has 0 spiro atoms. The molecule has 1 aliphatic heterocycles. The summed E-state index contributed by atoms with van der Waals surface area (Å²) in [6.45, 7) is 0.605. The molecule has 2 aliphatic rings. The quantitative estimate of drug-likeness (QED) is 0.499. The first-order valence-corrected chi connectivity index (χ1v) is 11.5. The van der Waals surface area contributed by atoms with Crippen LogP contribution in [0.3, 0.4) is 0 Å². The smallest absolute Gasteiger partial charge is 0.330 e. The molecule has 3 N–H and O–H groups in total. The van der Waals surface area contributed by atoms with Gasteiger partial charge in [-0.3, -0.25) is 14.4 Å². The number of H-pyrrole nitrogens is 1. The summed E-state index contributed by atoms with van der Waals surface area (Å²) >= 11 is 0. The second-order valence-electron chi connectivity index (χ2n) is 8.86. The molecule has 3 amide bonds. The van der Waals surface area contributed by atoms with Gasteiger partial charge >= 0.3 is 5.97 Å². The summed E-state index contributed by atoms with van der Waals surface area (Å²) in [4.78, 5) is 55.3. The third-order valence-corrected chi connectivity index (χ3v) is 6.29. The molecule has 4 rings (SSSR count). The molecule has 9 nitrogen and oxygen atoms in total. The Morgan fingerprint density at radius 2 is 1.94 bits per heavy atom. The van der Waals surface area contributed by atoms with Crippen molar-refractivity contribution in [3.8, 4) is 0 Å². The number of hydrogen-bond donors (Lipinski definition) is 3. The van der Waals surface area contributed by atoms with Crippen molar-refractivity contribution in [2.45, 2.75) is 50.6 Å². The van der Waals surface area contributed by atoms with Crippen LogP contribution < -0.4 is 10.6 Å². The van der Waals surface area contributed by atoms with Crippen molar-refractivity contribution in [3.05, 3.63) is 36.0 Å². The summed E-state index contributed by atoms with van der Waals surface area (Å²) in [6, 6.07) is 7.52. The third kappa shape index (κ3) is 5.71. The SMILES string of the molecule is COC(=O)[C@H](CN1CCCCC1=O)NC(=O)[C@H](CC1CC1)NC(=O)c1cc2ccccc2[nH]1. The molecule has 1 aromatic heterocycles. The van der Waals surface area contributed by atoms with Crippen molar-refractivity contribution in [2.75, 3.05) is 20.2 Å². The number of esters is 1. The number of piperidine rings is 1. The second-order valence-corrected chi connectivity index (χ2v) is 8.86. The van der Waals surface area contributed by atoms with Gasteiger partial charge in [0.2, 0.25) is 11.8 Å². The van der Waals surface area contributed by atoms with Gasteiger partial charge in [-0.25, -0.2) is 4.79 Å². The molecule has 0 bridgehead atoms. The second kappa shape index (κ2) is 10.1. The van der Waals surface area contributed by atoms with Gasteiger partial charge in [-0.1, -0.05) is 31.0 Å². The van der Waals surface area contributed by atoms with Crippen molar-refractivity contribution in [3.63, 3.8) is 0 Å². The Morgan fingerprint density at radius 1 is 1.15 bits per heavy atom. The summed E-state index contributed by atoms with van der Waals surface area (Å²) < 4.78 is 4.86. The van der Waals surface area contributed by atoms with Crippen molar-refractivity contribution >= 4 is 34.6 Å². The maximum absolute atomic E-state index is 13.2. The van der Waals surface area contributed by atoms with Crippen LogP contribution in [0.2, 0.25) is 0 Å². The zero-order valence-electron chi connectivity index (χ0n) is 18.8. The number of hydrogen-bond acceptors (Lipinski definition) is 5. The number of ether oxygens (including phenoxy) is 1. The summed E-state index contributed by atoms with van der Waals surface area (Å²) in [5, 5.41) is 6.45. The Labute approximate surface area is 192 Å². The lowest BCUT2D eigenvalue weighted by molar-refractivity contribution is -0.147. The number of likely N-dealkylation sites (tertiary alicyclic amines) is 1. The van der Waals surface area contributed by atoms with Crippen molar-refractivity contribution < 1.29 is 23.9 Å². The Kier molecular flexibility index (Phi) is 6.96. The minimum Gasteiger partial charge on any atom is -0.467 e. The van der Waals surface area contributed by atoms with E-state index in [2.05, 4.69) is 15.6 Å². The van der Waals surface area contributed by atoms with Crippen LogP contribution in [-0.2, 0) is 19.1 Å². The van der Waals surface area contributed by atoms with E-state index in [1.807, 2.05) is 24.3 Å². The summed E-state index contributed by atoms with van der Waals surface area (Å²) in [5.74, 6) is -1.12. The predicted molar refractivity (Wildman–Crippen MR) is 121 cm³/mol. The van der Waals surface area contributed by atoms with E-state index in [0.717, 1.165) is 36.6 Å². The van der Waals surface area contributed by atoms with Crippen LogP contribution in [-0.4, -0.2) is 65.9 Å². The molecule has 0 unspecified atom stereocenters. The zero-order valence-corrected chi connectivity index (χ0v) is 18.8. The van der Waals surface area contributed by atoms with Crippen LogP contribution in [0.1, 0.15) is 49.0 Å². The van der Waals surface area contributed by atoms with E-state index in [1.54, 1.807) is 11.0 Å². The van der Waals surface area contributed by atoms with Gasteiger partial charge in [0.1, 0.15) is 17.8 Å². The molecule has 1 aliphatic carbocycles. The monoisotopic (exact) mass is 454 g/mol. The Balaban J connectivity index is 1.45. The molecule has 9 heteroatoms. The average Bonchev–Trinajstić information content (AvgIpc) is 3.53. The number of nitrogens with one attached hydrogen (secondary N) is 3. The lowest BCUT2D eigenvalue weighted by atomic mass is 10.1. The fourth-order valence-electron chi connectivity index (χ4n) is 4.22. The molecule has 1 saturated carbocycles. The van der Waals surface area contributed by atoms with Crippen molar-refractivity contribution in [2.24, 2.45) is 5.92 Å². The van der Waals surface area contributed by atoms with Gasteiger partial charge in [-0.05, 0) is 37.3 Å². The van der Waals surface area contributed by atoms with Gasteiger partial charge in [-0.2, -0.15) is 0 Å². The van der Waals surface area contributed by atoms with Gasteiger partial charge in [0.15, 0.2) is 0 Å². The van der Waals surface area contributed by atoms with E-state index in [-0.39, 0.29) is 18.4 Å². The van der Waals surface area contributed by atoms with Crippen molar-refractivity contribution in [1.29, 1.82) is 0 Å². The topological polar surface area (TPSA) is 121 Å². The third-order valence-electron chi connectivity index (χ3n) is 6.29. The highest BCUT2D eigenvalue weighted by Gasteiger charge is 2.34. The average molecular weight is 455 g/mol. The normalized spacial score (nSPS) is 18.0. The minimum atomic E-state index is -0.990. The van der Waals surface area contributed by atoms with Gasteiger partial charge < -0.3 is 25.3 Å². The maximum atomic E-state index is 13.2. The minimum absolute atomic E-state index is 0.0361. The van der Waals surface area contributed by atoms with Crippen LogP contribution in [0.5, 0.6) is 0 Å². The van der Waals surface area contributed by atoms with E-state index < -0.39 is 24.0 Å². The number of carbonyl (C=O) groups is 4. The highest BCUT2D eigenvalue weighted by atomic mass is 16.5. The van der Waals surface area contributed by atoms with E-state index >= 15 is 0 Å². The number of fused-ring (bicyclic) bond motifs is 1. The number of nitrogens with zero attached hydrogens (tertiary/aromatic N) is 1. The van der Waals surface area contributed by atoms with Crippen LogP contribution in [0.15, 0.2) is 30.3 Å². The molecular weight excluding hydrogens is 424 g/mol. The van der Waals surface area contributed by atoms with E-state index in [4.69, 9.17) is 4.74 Å². The summed E-state index contributed by atoms with van der Waals surface area (Å²) in [7, 11) is 1.25. The Bertz CT molecular complexity index is 1010. The molecule has 2 fully saturated rings. The molecule has 176 valence electrons. The number of rotatable bonds is 9. The summed E-state index contributed by atoms with van der Waals surface area (Å²) in [6.07, 6.45) is 4.64. The lowest BCUT2D eigenvalue weighted by Crippen LogP contribution is -2.56. The molecule has 1 saturated heterocycles. The molecular formula is C24H30N4O5. The first-order chi connectivity index (χ1) is 15.9. The molecule has 1 aromatic carbocycles. The van der Waals surface area contributed by atoms with Crippen molar-refractivity contribution in [1.82, 2.24) is 20.5 Å². The van der Waals surface area contributed by atoms with E-state index in [0.29, 0.717) is 31.0 Å². The maximum Gasteiger partial charge on any atom is 0.330 e. The number of para-hydroxylation sites is 1. The molecule has 2 heterocycles. The highest BCUT2D eigenvalue weighted by molar-refractivity contribution is 6.00. The Hall–Kier alpha value is -3.36. The van der Waals surface area contributed by atoms with E-state index in [9.17, 15) is 19.2 Å². The number of methoxy groups -OCH3 is 1. The molecule has 0 radical (unpaired) electrons. The summed E-state index contributed by atoms with van der Waals surface area (Å²) in [5.41, 5.74) is 1.20. The largest absolute Gasteiger partial charge is 0.467 e. The van der Waals surface area contributed by atoms with Crippen LogP contribution in [0.4, 0.5) is 0 Å². The van der Waals surface area contributed by atoms with Gasteiger partial charge in [0.25, 0.3) is 5.91 Å². The fraction of sp³-hybridized carbons (Fsp3) is 0.500. The lowest BCUT2D eigenvalue weighted by Gasteiger charge is -2.30. The number of aromatic nitrogens is 1. The first-order valence-electron chi connectivity index (χ1n) is 11.5. The van der Waals surface area contributed by atoms with E-state index in [1.165, 1.54) is 7.11 Å². The van der Waals surface area contributed by atoms with Gasteiger partial charge in [-0.15, -0.1) is 0 Å². The predicted octanol–water partition coefficient (Wildman–Crippen LogP) is 1.74. The molecule has 33 heavy (non-hydrogen) atoms. The standard InChI is InChI=1S/C24H30N4O5/c1-33-24(32)20(14-28-11-5-4-8-21(28)29)27-22(30)18(12-15-9-10-15)26-23(31)19-13-16-6-2-3-7-17(16)25-19/h2-3,6-7,13,15,18,20,25H,4-5,8-12,14H2,1H3,(H,26,31)(H,27,30)/t18-,20-/m0/s1. The van der Waals surface area contributed by atoms with Crippen LogP contribution in [0, 0.1) is 5.92 Å². The first kappa shape index (κ1) is 22.8. The Morgan fingerprint density at radius 3 is 2.64 bits per heavy atom. The molecule has 2 atom stereocenters. The highest BCUT2D eigenvalue weighted by Crippen LogP contribution is 2.33. The number of amides is 3. The zero-order chi connectivity index (χ0) is 23.4. The number of carbonyl (C=O) groups excluding carboxylic acids is 4. The number of benzene rings is 1. The van der Waals surface area contributed by atoms with Crippen LogP contribution >= 0.6 is 0 Å². The van der Waals surface area contributed by atoms with Gasteiger partial charge in [0, 0.05) is 23.9 Å². The molecule has 2 aromatic rings.